The molecule has 0 saturated carbocycles. The van der Waals surface area contributed by atoms with Gasteiger partial charge in [-0.25, -0.2) is 0 Å². The Kier molecular flexibility index (Phi) is 9.03. The van der Waals surface area contributed by atoms with Crippen LogP contribution < -0.4 is 0 Å². The summed E-state index contributed by atoms with van der Waals surface area (Å²) in [6, 6.07) is 0. The van der Waals surface area contributed by atoms with Gasteiger partial charge in [-0.2, -0.15) is 0 Å². The molecule has 0 aromatic carbocycles. The molecule has 64 valence electrons. The van der Waals surface area contributed by atoms with Crippen LogP contribution in [-0.4, -0.2) is 26.4 Å². The van der Waals surface area contributed by atoms with E-state index in [4.69, 9.17) is 15.9 Å². The molecule has 0 radical (unpaired) electrons. The van der Waals surface area contributed by atoms with Gasteiger partial charge in [-0.05, 0) is 6.42 Å². The third-order valence-corrected chi connectivity index (χ3v) is 1.20. The predicted octanol–water partition coefficient (Wildman–Crippen LogP) is 1.45. The van der Waals surface area contributed by atoms with Crippen LogP contribution in [0.5, 0.6) is 0 Å². The summed E-state index contributed by atoms with van der Waals surface area (Å²) in [7, 11) is 0. The largest absolute Gasteiger partial charge is 0.379 e. The molecule has 11 heavy (non-hydrogen) atoms. The molecule has 0 spiro atoms. The molecule has 0 bridgehead atoms. The highest BCUT2D eigenvalue weighted by Gasteiger charge is 1.86. The monoisotopic (exact) mass is 156 g/mol. The molecule has 0 rings (SSSR count). The van der Waals surface area contributed by atoms with E-state index in [9.17, 15) is 0 Å². The van der Waals surface area contributed by atoms with Crippen LogP contribution in [0, 0.1) is 12.3 Å². The molecule has 0 aliphatic heterocycles. The van der Waals surface area contributed by atoms with Crippen LogP contribution in [0.2, 0.25) is 0 Å². The van der Waals surface area contributed by atoms with Crippen molar-refractivity contribution in [3.63, 3.8) is 0 Å². The van der Waals surface area contributed by atoms with E-state index in [1.165, 1.54) is 6.42 Å². The van der Waals surface area contributed by atoms with Crippen molar-refractivity contribution >= 4 is 0 Å². The lowest BCUT2D eigenvalue weighted by Crippen LogP contribution is -2.05. The van der Waals surface area contributed by atoms with E-state index < -0.39 is 0 Å². The SMILES string of the molecule is C#CCOCCOCCCC. The third-order valence-electron chi connectivity index (χ3n) is 1.20. The third kappa shape index (κ3) is 9.48. The molecule has 0 atom stereocenters. The highest BCUT2D eigenvalue weighted by molar-refractivity contribution is 4.82. The first-order chi connectivity index (χ1) is 5.41. The normalized spacial score (nSPS) is 9.45. The van der Waals surface area contributed by atoms with Gasteiger partial charge in [0, 0.05) is 6.61 Å². The van der Waals surface area contributed by atoms with Crippen LogP contribution in [0.15, 0.2) is 0 Å². The molecule has 0 heterocycles. The first kappa shape index (κ1) is 10.5. The summed E-state index contributed by atoms with van der Waals surface area (Å²) < 4.78 is 10.2. The Morgan fingerprint density at radius 1 is 1.18 bits per heavy atom. The standard InChI is InChI=1S/C9H16O2/c1-3-5-7-11-9-8-10-6-4-2/h2H,3,5-9H2,1H3. The first-order valence-electron chi connectivity index (χ1n) is 4.00. The van der Waals surface area contributed by atoms with E-state index in [0.717, 1.165) is 13.0 Å². The zero-order chi connectivity index (χ0) is 8.36. The average Bonchev–Trinajstić information content (AvgIpc) is 2.03. The highest BCUT2D eigenvalue weighted by atomic mass is 16.5. The van der Waals surface area contributed by atoms with Crippen LogP contribution in [0.4, 0.5) is 0 Å². The molecular formula is C9H16O2. The van der Waals surface area contributed by atoms with E-state index in [-0.39, 0.29) is 0 Å². The van der Waals surface area contributed by atoms with Gasteiger partial charge in [0.1, 0.15) is 6.61 Å². The molecule has 2 nitrogen and oxygen atoms in total. The van der Waals surface area contributed by atoms with E-state index in [1.54, 1.807) is 0 Å². The average molecular weight is 156 g/mol. The van der Waals surface area contributed by atoms with Crippen molar-refractivity contribution in [2.75, 3.05) is 26.4 Å². The van der Waals surface area contributed by atoms with Gasteiger partial charge in [0.15, 0.2) is 0 Å². The molecule has 0 unspecified atom stereocenters. The van der Waals surface area contributed by atoms with Gasteiger partial charge in [0.05, 0.1) is 13.2 Å². The van der Waals surface area contributed by atoms with Crippen LogP contribution in [-0.2, 0) is 9.47 Å². The van der Waals surface area contributed by atoms with Crippen LogP contribution in [0.25, 0.3) is 0 Å². The topological polar surface area (TPSA) is 18.5 Å². The summed E-state index contributed by atoms with van der Waals surface area (Å²) in [6.07, 6.45) is 7.27. The second-order valence-corrected chi connectivity index (χ2v) is 2.22. The Bertz CT molecular complexity index is 105. The molecular weight excluding hydrogens is 140 g/mol. The Morgan fingerprint density at radius 3 is 2.55 bits per heavy atom. The van der Waals surface area contributed by atoms with Gasteiger partial charge in [-0.3, -0.25) is 0 Å². The molecule has 2 heteroatoms. The Labute approximate surface area is 68.9 Å². The lowest BCUT2D eigenvalue weighted by atomic mass is 10.4. The second-order valence-electron chi connectivity index (χ2n) is 2.22. The van der Waals surface area contributed by atoms with Crippen LogP contribution in [0.3, 0.4) is 0 Å². The van der Waals surface area contributed by atoms with Crippen molar-refractivity contribution in [2.45, 2.75) is 19.8 Å². The maximum absolute atomic E-state index is 5.23. The molecule has 0 aromatic rings. The van der Waals surface area contributed by atoms with Crippen molar-refractivity contribution in [1.82, 2.24) is 0 Å². The van der Waals surface area contributed by atoms with Gasteiger partial charge in [0.2, 0.25) is 0 Å². The van der Waals surface area contributed by atoms with Gasteiger partial charge >= 0.3 is 0 Å². The minimum atomic E-state index is 0.386. The number of ether oxygens (including phenoxy) is 2. The van der Waals surface area contributed by atoms with E-state index in [2.05, 4.69) is 12.8 Å². The van der Waals surface area contributed by atoms with Gasteiger partial charge in [-0.15, -0.1) is 6.42 Å². The summed E-state index contributed by atoms with van der Waals surface area (Å²) >= 11 is 0. The molecule has 0 N–H and O–H groups in total. The van der Waals surface area contributed by atoms with Crippen molar-refractivity contribution in [1.29, 1.82) is 0 Å². The number of hydrogen-bond donors (Lipinski definition) is 0. The molecule has 0 amide bonds. The Hall–Kier alpha value is -0.520. The maximum atomic E-state index is 5.23. The van der Waals surface area contributed by atoms with Crippen molar-refractivity contribution in [2.24, 2.45) is 0 Å². The minimum absolute atomic E-state index is 0.386. The molecule has 0 saturated heterocycles. The van der Waals surface area contributed by atoms with Gasteiger partial charge < -0.3 is 9.47 Å². The minimum Gasteiger partial charge on any atom is -0.379 e. The van der Waals surface area contributed by atoms with Gasteiger partial charge in [0.25, 0.3) is 0 Å². The fraction of sp³-hybridized carbons (Fsp3) is 0.778. The summed E-state index contributed by atoms with van der Waals surface area (Å²) in [5.41, 5.74) is 0. The number of hydrogen-bond acceptors (Lipinski definition) is 2. The molecule has 0 fully saturated rings. The van der Waals surface area contributed by atoms with Crippen molar-refractivity contribution in [3.05, 3.63) is 0 Å². The Balaban J connectivity index is 2.75. The summed E-state index contributed by atoms with van der Waals surface area (Å²) in [5.74, 6) is 2.39. The fourth-order valence-electron chi connectivity index (χ4n) is 0.597. The van der Waals surface area contributed by atoms with Crippen molar-refractivity contribution < 1.29 is 9.47 Å². The lowest BCUT2D eigenvalue weighted by Gasteiger charge is -2.01. The molecule has 0 aromatic heterocycles. The highest BCUT2D eigenvalue weighted by Crippen LogP contribution is 1.87. The first-order valence-corrected chi connectivity index (χ1v) is 4.00. The van der Waals surface area contributed by atoms with E-state index >= 15 is 0 Å². The molecule has 0 aliphatic rings. The fourth-order valence-corrected chi connectivity index (χ4v) is 0.597. The van der Waals surface area contributed by atoms with E-state index in [0.29, 0.717) is 19.8 Å². The van der Waals surface area contributed by atoms with Crippen LogP contribution >= 0.6 is 0 Å². The van der Waals surface area contributed by atoms with E-state index in [1.807, 2.05) is 0 Å². The number of rotatable bonds is 7. The quantitative estimate of drug-likeness (QED) is 0.410. The number of terminal acetylenes is 1. The summed E-state index contributed by atoms with van der Waals surface area (Å²) in [6.45, 7) is 4.61. The molecule has 0 aliphatic carbocycles. The summed E-state index contributed by atoms with van der Waals surface area (Å²) in [5, 5.41) is 0. The zero-order valence-corrected chi connectivity index (χ0v) is 7.14. The van der Waals surface area contributed by atoms with Crippen LogP contribution in [0.1, 0.15) is 19.8 Å². The zero-order valence-electron chi connectivity index (χ0n) is 7.14. The van der Waals surface area contributed by atoms with Gasteiger partial charge in [-0.1, -0.05) is 19.3 Å². The smallest absolute Gasteiger partial charge is 0.107 e. The lowest BCUT2D eigenvalue weighted by molar-refractivity contribution is 0.0589. The predicted molar refractivity (Wildman–Crippen MR) is 45.4 cm³/mol. The summed E-state index contributed by atoms with van der Waals surface area (Å²) in [4.78, 5) is 0. The number of unbranched alkanes of at least 4 members (excludes halogenated alkanes) is 1. The van der Waals surface area contributed by atoms with Crippen molar-refractivity contribution in [3.8, 4) is 12.3 Å². The Morgan fingerprint density at radius 2 is 1.91 bits per heavy atom. The second kappa shape index (κ2) is 9.48. The maximum Gasteiger partial charge on any atom is 0.107 e.